The van der Waals surface area contributed by atoms with Gasteiger partial charge in [0.1, 0.15) is 0 Å². The quantitative estimate of drug-likeness (QED) is 0.768. The van der Waals surface area contributed by atoms with Gasteiger partial charge in [0.15, 0.2) is 0 Å². The molecule has 2 bridgehead atoms. The second-order valence-electron chi connectivity index (χ2n) is 5.81. The third kappa shape index (κ3) is 1.65. The predicted molar refractivity (Wildman–Crippen MR) is 63.1 cm³/mol. The van der Waals surface area contributed by atoms with Crippen LogP contribution < -0.4 is 5.32 Å². The van der Waals surface area contributed by atoms with Crippen molar-refractivity contribution in [3.8, 4) is 0 Å². The van der Waals surface area contributed by atoms with Gasteiger partial charge in [0.25, 0.3) is 0 Å². The van der Waals surface area contributed by atoms with E-state index < -0.39 is 0 Å². The molecule has 2 saturated heterocycles. The molecule has 1 aliphatic carbocycles. The summed E-state index contributed by atoms with van der Waals surface area (Å²) < 4.78 is 0. The number of fused-ring (bicyclic) bond motifs is 2. The first-order chi connectivity index (χ1) is 7.73. The molecule has 3 heteroatoms. The van der Waals surface area contributed by atoms with Crippen molar-refractivity contribution in [2.75, 3.05) is 13.1 Å². The number of carbonyl (C=O) groups excluding carboxylic acids is 1. The summed E-state index contributed by atoms with van der Waals surface area (Å²) in [5.74, 6) is 0.448. The van der Waals surface area contributed by atoms with Gasteiger partial charge in [0, 0.05) is 30.6 Å². The summed E-state index contributed by atoms with van der Waals surface area (Å²) in [4.78, 5) is 14.6. The molecule has 2 aliphatic heterocycles. The molecule has 0 spiro atoms. The average Bonchev–Trinajstić information content (AvgIpc) is 2.99. The van der Waals surface area contributed by atoms with Gasteiger partial charge >= 0.3 is 0 Å². The third-order valence-electron chi connectivity index (χ3n) is 4.79. The number of carbonyl (C=O) groups is 1. The normalized spacial score (nSPS) is 35.9. The minimum atomic E-state index is 0.0591. The first kappa shape index (κ1) is 10.6. The van der Waals surface area contributed by atoms with E-state index in [2.05, 4.69) is 17.1 Å². The highest BCUT2D eigenvalue weighted by Gasteiger charge is 2.50. The average molecular weight is 222 g/mol. The first-order valence-corrected chi connectivity index (χ1v) is 6.79. The van der Waals surface area contributed by atoms with Gasteiger partial charge < -0.3 is 10.2 Å². The molecule has 16 heavy (non-hydrogen) atoms. The Balaban J connectivity index is 1.68. The van der Waals surface area contributed by atoms with E-state index in [0.717, 1.165) is 38.8 Å². The number of rotatable bonds is 2. The lowest BCUT2D eigenvalue weighted by atomic mass is 10.00. The molecule has 3 aliphatic rings. The van der Waals surface area contributed by atoms with Crippen molar-refractivity contribution < 1.29 is 4.79 Å². The second-order valence-corrected chi connectivity index (χ2v) is 5.81. The zero-order valence-electron chi connectivity index (χ0n) is 10.2. The van der Waals surface area contributed by atoms with Gasteiger partial charge in [-0.2, -0.15) is 0 Å². The van der Waals surface area contributed by atoms with Gasteiger partial charge in [-0.1, -0.05) is 6.92 Å². The van der Waals surface area contributed by atoms with Crippen LogP contribution in [-0.4, -0.2) is 36.0 Å². The Hall–Kier alpha value is -0.570. The molecule has 90 valence electrons. The maximum atomic E-state index is 12.4. The fourth-order valence-corrected chi connectivity index (χ4v) is 3.33. The summed E-state index contributed by atoms with van der Waals surface area (Å²) in [6.45, 7) is 4.10. The van der Waals surface area contributed by atoms with E-state index in [-0.39, 0.29) is 5.41 Å². The molecule has 1 N–H and O–H groups in total. The van der Waals surface area contributed by atoms with E-state index in [1.165, 1.54) is 12.8 Å². The summed E-state index contributed by atoms with van der Waals surface area (Å²) in [6, 6.07) is 1.25. The highest BCUT2D eigenvalue weighted by molar-refractivity contribution is 5.85. The maximum Gasteiger partial charge on any atom is 0.228 e. The lowest BCUT2D eigenvalue weighted by Crippen LogP contribution is -2.42. The van der Waals surface area contributed by atoms with E-state index in [4.69, 9.17) is 0 Å². The van der Waals surface area contributed by atoms with Crippen molar-refractivity contribution in [3.63, 3.8) is 0 Å². The molecule has 0 radical (unpaired) electrons. The SMILES string of the molecule is CCC1(C(=O)N2CCC3CCC(C2)N3)CC1. The van der Waals surface area contributed by atoms with E-state index in [1.54, 1.807) is 0 Å². The number of hydrogen-bond donors (Lipinski definition) is 1. The predicted octanol–water partition coefficient (Wildman–Crippen LogP) is 1.53. The van der Waals surface area contributed by atoms with Crippen molar-refractivity contribution >= 4 is 5.91 Å². The monoisotopic (exact) mass is 222 g/mol. The number of nitrogens with one attached hydrogen (secondary N) is 1. The van der Waals surface area contributed by atoms with Gasteiger partial charge in [0.05, 0.1) is 0 Å². The Labute approximate surface area is 97.6 Å². The third-order valence-corrected chi connectivity index (χ3v) is 4.79. The zero-order chi connectivity index (χ0) is 11.2. The molecular formula is C13H22N2O. The Kier molecular flexibility index (Phi) is 2.46. The van der Waals surface area contributed by atoms with E-state index in [0.29, 0.717) is 18.0 Å². The van der Waals surface area contributed by atoms with Crippen molar-refractivity contribution in [3.05, 3.63) is 0 Å². The van der Waals surface area contributed by atoms with Crippen LogP contribution in [-0.2, 0) is 4.79 Å². The van der Waals surface area contributed by atoms with E-state index >= 15 is 0 Å². The van der Waals surface area contributed by atoms with Crippen LogP contribution in [0.2, 0.25) is 0 Å². The molecule has 1 amide bonds. The largest absolute Gasteiger partial charge is 0.341 e. The van der Waals surface area contributed by atoms with Crippen molar-refractivity contribution in [1.29, 1.82) is 0 Å². The Morgan fingerprint density at radius 3 is 2.75 bits per heavy atom. The molecule has 0 aromatic rings. The smallest absolute Gasteiger partial charge is 0.228 e. The van der Waals surface area contributed by atoms with Gasteiger partial charge in [-0.3, -0.25) is 4.79 Å². The molecule has 3 nitrogen and oxygen atoms in total. The molecule has 1 saturated carbocycles. The fourth-order valence-electron chi connectivity index (χ4n) is 3.33. The van der Waals surface area contributed by atoms with Crippen LogP contribution >= 0.6 is 0 Å². The van der Waals surface area contributed by atoms with Crippen LogP contribution in [0.5, 0.6) is 0 Å². The van der Waals surface area contributed by atoms with Crippen molar-refractivity contribution in [2.45, 2.75) is 57.5 Å². The highest BCUT2D eigenvalue weighted by atomic mass is 16.2. The summed E-state index contributed by atoms with van der Waals surface area (Å²) >= 11 is 0. The van der Waals surface area contributed by atoms with Crippen molar-refractivity contribution in [2.24, 2.45) is 5.41 Å². The van der Waals surface area contributed by atoms with Crippen LogP contribution in [0, 0.1) is 5.41 Å². The van der Waals surface area contributed by atoms with Crippen LogP contribution in [0.25, 0.3) is 0 Å². The standard InChI is InChI=1S/C13H22N2O/c1-2-13(6-7-13)12(16)15-8-5-10-3-4-11(9-15)14-10/h10-11,14H,2-9H2,1H3. The number of amides is 1. The highest BCUT2D eigenvalue weighted by Crippen LogP contribution is 2.50. The minimum absolute atomic E-state index is 0.0591. The molecule has 0 aromatic heterocycles. The second kappa shape index (κ2) is 3.73. The maximum absolute atomic E-state index is 12.4. The zero-order valence-corrected chi connectivity index (χ0v) is 10.2. The Morgan fingerprint density at radius 2 is 2.06 bits per heavy atom. The molecule has 0 aromatic carbocycles. The summed E-state index contributed by atoms with van der Waals surface area (Å²) in [6.07, 6.45) is 7.01. The summed E-state index contributed by atoms with van der Waals surface area (Å²) in [5.41, 5.74) is 0.0591. The Morgan fingerprint density at radius 1 is 1.31 bits per heavy atom. The fraction of sp³-hybridized carbons (Fsp3) is 0.923. The van der Waals surface area contributed by atoms with Gasteiger partial charge in [-0.05, 0) is 38.5 Å². The molecule has 2 heterocycles. The lowest BCUT2D eigenvalue weighted by molar-refractivity contribution is -0.137. The number of likely N-dealkylation sites (tertiary alicyclic amines) is 1. The minimum Gasteiger partial charge on any atom is -0.341 e. The van der Waals surface area contributed by atoms with Crippen LogP contribution in [0.15, 0.2) is 0 Å². The van der Waals surface area contributed by atoms with Crippen LogP contribution in [0.4, 0.5) is 0 Å². The van der Waals surface area contributed by atoms with Crippen molar-refractivity contribution in [1.82, 2.24) is 10.2 Å². The van der Waals surface area contributed by atoms with Gasteiger partial charge in [0.2, 0.25) is 5.91 Å². The Bertz CT molecular complexity index is 298. The number of hydrogen-bond acceptors (Lipinski definition) is 2. The van der Waals surface area contributed by atoms with Crippen LogP contribution in [0.3, 0.4) is 0 Å². The summed E-state index contributed by atoms with van der Waals surface area (Å²) in [5, 5.41) is 3.63. The topological polar surface area (TPSA) is 32.3 Å². The van der Waals surface area contributed by atoms with Gasteiger partial charge in [-0.15, -0.1) is 0 Å². The molecule has 3 fully saturated rings. The number of nitrogens with zero attached hydrogens (tertiary/aromatic N) is 1. The lowest BCUT2D eigenvalue weighted by Gasteiger charge is -2.28. The first-order valence-electron chi connectivity index (χ1n) is 6.79. The molecule has 2 unspecified atom stereocenters. The molecule has 2 atom stereocenters. The molecular weight excluding hydrogens is 200 g/mol. The van der Waals surface area contributed by atoms with E-state index in [9.17, 15) is 4.79 Å². The van der Waals surface area contributed by atoms with E-state index in [1.807, 2.05) is 0 Å². The van der Waals surface area contributed by atoms with Crippen LogP contribution in [0.1, 0.15) is 45.4 Å². The molecule has 3 rings (SSSR count). The summed E-state index contributed by atoms with van der Waals surface area (Å²) in [7, 11) is 0. The van der Waals surface area contributed by atoms with Gasteiger partial charge in [-0.25, -0.2) is 0 Å².